The summed E-state index contributed by atoms with van der Waals surface area (Å²) < 4.78 is 0. The molecule has 5 rings (SSSR count). The molecule has 3 heterocycles. The Hall–Kier alpha value is -3.78. The molecular formula is C28H27ClN4O4. The smallest absolute Gasteiger partial charge is 0.376 e. The lowest BCUT2D eigenvalue weighted by molar-refractivity contribution is -0.147. The molecule has 1 aliphatic carbocycles. The Morgan fingerprint density at radius 3 is 2.65 bits per heavy atom. The number of allylic oxidation sites excluding steroid dienone is 2. The predicted octanol–water partition coefficient (Wildman–Crippen LogP) is 5.06. The van der Waals surface area contributed by atoms with Gasteiger partial charge in [0.2, 0.25) is 5.91 Å². The minimum absolute atomic E-state index is 0.0703. The van der Waals surface area contributed by atoms with Crippen LogP contribution in [0.3, 0.4) is 0 Å². The van der Waals surface area contributed by atoms with Gasteiger partial charge < -0.3 is 15.0 Å². The fraction of sp³-hybridized carbons (Fsp3) is 0.321. The summed E-state index contributed by atoms with van der Waals surface area (Å²) in [5.41, 5.74) is 4.28. The number of aliphatic carboxylic acids is 1. The summed E-state index contributed by atoms with van der Waals surface area (Å²) in [6, 6.07) is 9.59. The van der Waals surface area contributed by atoms with Gasteiger partial charge in [-0.1, -0.05) is 30.2 Å². The maximum Gasteiger partial charge on any atom is 0.376 e. The second kappa shape index (κ2) is 10.7. The number of ketones is 1. The number of H-pyrrole nitrogens is 1. The van der Waals surface area contributed by atoms with E-state index in [0.29, 0.717) is 30.1 Å². The standard InChI is InChI=1S/C28H27ClN4O4/c29-21-8-10-23-24(15-21)32-26(31-23)20-7-9-22(30-16-20)17-4-1-2-12-33(13-11-17)27(35)19-6-3-5-18(14-19)25(34)28(36)37/h5-10,15-17H,1-4,11-14H2,(H,31,32)(H,36,37). The van der Waals surface area contributed by atoms with Crippen LogP contribution in [0.15, 0.2) is 59.8 Å². The maximum absolute atomic E-state index is 13.2. The number of imidazole rings is 1. The van der Waals surface area contributed by atoms with Crippen LogP contribution in [-0.4, -0.2) is 55.7 Å². The van der Waals surface area contributed by atoms with Crippen LogP contribution in [0.25, 0.3) is 22.4 Å². The van der Waals surface area contributed by atoms with Crippen molar-refractivity contribution >= 4 is 40.3 Å². The molecule has 1 saturated heterocycles. The lowest BCUT2D eigenvalue weighted by Gasteiger charge is -2.29. The van der Waals surface area contributed by atoms with Crippen LogP contribution >= 0.6 is 11.6 Å². The van der Waals surface area contributed by atoms with E-state index in [9.17, 15) is 14.4 Å². The van der Waals surface area contributed by atoms with E-state index in [-0.39, 0.29) is 23.8 Å². The number of fused-ring (bicyclic) bond motifs is 1. The molecule has 3 aromatic rings. The van der Waals surface area contributed by atoms with Crippen molar-refractivity contribution in [1.29, 1.82) is 0 Å². The van der Waals surface area contributed by atoms with E-state index < -0.39 is 11.8 Å². The topological polar surface area (TPSA) is 116 Å². The molecule has 0 spiro atoms. The summed E-state index contributed by atoms with van der Waals surface area (Å²) in [5.74, 6) is -1.58. The Morgan fingerprint density at radius 2 is 1.86 bits per heavy atom. The highest BCUT2D eigenvalue weighted by molar-refractivity contribution is 6.40. The third-order valence-corrected chi connectivity index (χ3v) is 7.29. The molecule has 37 heavy (non-hydrogen) atoms. The number of Topliss-reactive ketones (excluding diaryl/α,β-unsaturated/α-hetero) is 1. The number of hydrogen-bond donors (Lipinski definition) is 2. The number of aromatic nitrogens is 3. The van der Waals surface area contributed by atoms with Crippen molar-refractivity contribution in [3.05, 3.63) is 70.5 Å². The molecule has 1 fully saturated rings. The molecule has 1 aliphatic heterocycles. The first-order valence-electron chi connectivity index (χ1n) is 12.5. The number of carboxylic acid groups (broad SMARTS) is 1. The van der Waals surface area contributed by atoms with Crippen molar-refractivity contribution in [3.8, 4) is 11.4 Å². The molecule has 8 nitrogen and oxygen atoms in total. The van der Waals surface area contributed by atoms with Crippen molar-refractivity contribution in [3.63, 3.8) is 0 Å². The minimum atomic E-state index is -1.49. The lowest BCUT2D eigenvalue weighted by Crippen LogP contribution is -2.36. The molecule has 9 heteroatoms. The number of carbonyl (C=O) groups is 3. The van der Waals surface area contributed by atoms with Gasteiger partial charge in [-0.05, 0) is 56.0 Å². The Labute approximate surface area is 219 Å². The molecule has 1 aromatic carbocycles. The zero-order chi connectivity index (χ0) is 25.9. The Kier molecular flexibility index (Phi) is 7.19. The monoisotopic (exact) mass is 518 g/mol. The number of aromatic amines is 1. The number of halogens is 1. The molecular weight excluding hydrogens is 492 g/mol. The number of benzene rings is 1. The number of nitrogens with zero attached hydrogens (tertiary/aromatic N) is 3. The summed E-state index contributed by atoms with van der Waals surface area (Å²) in [5, 5.41) is 9.67. The Morgan fingerprint density at radius 1 is 1.03 bits per heavy atom. The third-order valence-electron chi connectivity index (χ3n) is 7.06. The molecule has 1 unspecified atom stereocenters. The van der Waals surface area contributed by atoms with Crippen LogP contribution in [0.4, 0.5) is 0 Å². The number of carboxylic acids is 1. The minimum Gasteiger partial charge on any atom is -0.475 e. The highest BCUT2D eigenvalue weighted by atomic mass is 35.5. The number of likely N-dealkylation sites (tertiary alicyclic amines) is 1. The van der Waals surface area contributed by atoms with Gasteiger partial charge in [-0.25, -0.2) is 9.78 Å². The van der Waals surface area contributed by atoms with Gasteiger partial charge >= 0.3 is 5.97 Å². The van der Waals surface area contributed by atoms with Gasteiger partial charge in [-0.15, -0.1) is 0 Å². The van der Waals surface area contributed by atoms with Gasteiger partial charge in [0.25, 0.3) is 5.78 Å². The largest absolute Gasteiger partial charge is 0.475 e. The summed E-state index contributed by atoms with van der Waals surface area (Å²) in [6.45, 7) is 1.23. The van der Waals surface area contributed by atoms with Gasteiger partial charge in [0.05, 0.1) is 11.0 Å². The Balaban J connectivity index is 1.25. The highest BCUT2D eigenvalue weighted by Crippen LogP contribution is 2.30. The maximum atomic E-state index is 13.2. The quantitative estimate of drug-likeness (QED) is 0.456. The first-order valence-corrected chi connectivity index (χ1v) is 12.8. The van der Waals surface area contributed by atoms with Crippen molar-refractivity contribution in [1.82, 2.24) is 19.9 Å². The van der Waals surface area contributed by atoms with Gasteiger partial charge in [0.1, 0.15) is 5.82 Å². The molecule has 190 valence electrons. The lowest BCUT2D eigenvalue weighted by atomic mass is 9.91. The van der Waals surface area contributed by atoms with E-state index in [1.54, 1.807) is 12.2 Å². The van der Waals surface area contributed by atoms with Crippen LogP contribution in [0, 0.1) is 0 Å². The first kappa shape index (κ1) is 24.9. The van der Waals surface area contributed by atoms with Crippen molar-refractivity contribution in [2.45, 2.75) is 44.4 Å². The average Bonchev–Trinajstić information content (AvgIpc) is 3.31. The summed E-state index contributed by atoms with van der Waals surface area (Å²) in [4.78, 5) is 50.7. The van der Waals surface area contributed by atoms with Crippen LogP contribution in [0.1, 0.15) is 50.1 Å². The molecule has 0 radical (unpaired) electrons. The number of nitrogens with one attached hydrogen (secondary N) is 1. The number of pyridine rings is 1. The summed E-state index contributed by atoms with van der Waals surface area (Å²) >= 11 is 6.08. The fourth-order valence-corrected chi connectivity index (χ4v) is 5.21. The molecule has 2 aliphatic rings. The van der Waals surface area contributed by atoms with E-state index in [1.807, 2.05) is 41.4 Å². The van der Waals surface area contributed by atoms with Gasteiger partial charge in [-0.2, -0.15) is 0 Å². The number of rotatable bonds is 5. The zero-order valence-corrected chi connectivity index (χ0v) is 21.0. The van der Waals surface area contributed by atoms with Gasteiger partial charge in [-0.3, -0.25) is 14.6 Å². The van der Waals surface area contributed by atoms with Gasteiger partial charge in [0, 0.05) is 59.1 Å². The highest BCUT2D eigenvalue weighted by Gasteiger charge is 2.27. The number of hydrogen-bond acceptors (Lipinski definition) is 5. The van der Waals surface area contributed by atoms with Crippen LogP contribution in [0.2, 0.25) is 5.02 Å². The van der Waals surface area contributed by atoms with E-state index in [0.717, 1.165) is 53.8 Å². The average molecular weight is 519 g/mol. The van der Waals surface area contributed by atoms with Crippen LogP contribution < -0.4 is 0 Å². The SMILES string of the molecule is O=C(O)C(=O)C1=CCC=C(C(=O)N2CCCCC(c3ccc(-c4nc5ccc(Cl)cc5[nH]4)cn3)CC2)C1. The molecule has 1 atom stereocenters. The molecule has 2 aromatic heterocycles. The molecule has 0 bridgehead atoms. The first-order chi connectivity index (χ1) is 17.9. The number of carbonyl (C=O) groups excluding carboxylic acids is 2. The van der Waals surface area contributed by atoms with E-state index >= 15 is 0 Å². The van der Waals surface area contributed by atoms with E-state index in [1.165, 1.54) is 0 Å². The fourth-order valence-electron chi connectivity index (χ4n) is 5.03. The normalized spacial score (nSPS) is 18.5. The predicted molar refractivity (Wildman–Crippen MR) is 140 cm³/mol. The van der Waals surface area contributed by atoms with Crippen molar-refractivity contribution in [2.75, 3.05) is 13.1 Å². The zero-order valence-electron chi connectivity index (χ0n) is 20.2. The van der Waals surface area contributed by atoms with Crippen LogP contribution in [-0.2, 0) is 14.4 Å². The second-order valence-corrected chi connectivity index (χ2v) is 9.93. The summed E-state index contributed by atoms with van der Waals surface area (Å²) in [6.07, 6.45) is 9.31. The molecule has 1 amide bonds. The summed E-state index contributed by atoms with van der Waals surface area (Å²) in [7, 11) is 0. The second-order valence-electron chi connectivity index (χ2n) is 9.50. The van der Waals surface area contributed by atoms with Crippen molar-refractivity contribution in [2.24, 2.45) is 0 Å². The van der Waals surface area contributed by atoms with Crippen molar-refractivity contribution < 1.29 is 19.5 Å². The number of amides is 1. The van der Waals surface area contributed by atoms with Gasteiger partial charge in [0.15, 0.2) is 0 Å². The van der Waals surface area contributed by atoms with E-state index in [2.05, 4.69) is 9.97 Å². The van der Waals surface area contributed by atoms with Crippen LogP contribution in [0.5, 0.6) is 0 Å². The molecule has 2 N–H and O–H groups in total. The molecule has 0 saturated carbocycles. The Bertz CT molecular complexity index is 1420. The third kappa shape index (κ3) is 5.49. The van der Waals surface area contributed by atoms with E-state index in [4.69, 9.17) is 21.7 Å².